The molecule has 0 spiro atoms. The van der Waals surface area contributed by atoms with Crippen molar-refractivity contribution in [3.05, 3.63) is 27.6 Å². The lowest BCUT2D eigenvalue weighted by atomic mass is 10.2. The Morgan fingerprint density at radius 3 is 2.69 bits per heavy atom. The third-order valence-electron chi connectivity index (χ3n) is 1.85. The van der Waals surface area contributed by atoms with Gasteiger partial charge in [0, 0.05) is 17.1 Å². The van der Waals surface area contributed by atoms with Gasteiger partial charge in [0.25, 0.3) is 6.43 Å². The Morgan fingerprint density at radius 1 is 1.69 bits per heavy atom. The van der Waals surface area contributed by atoms with Crippen LogP contribution >= 0.6 is 15.9 Å². The minimum absolute atomic E-state index is 0.188. The molecule has 0 N–H and O–H groups in total. The Labute approximate surface area is 97.7 Å². The van der Waals surface area contributed by atoms with Crippen molar-refractivity contribution in [2.75, 3.05) is 7.11 Å². The van der Waals surface area contributed by atoms with E-state index in [1.54, 1.807) is 0 Å². The number of aromatic nitrogens is 1. The highest BCUT2D eigenvalue weighted by Gasteiger charge is 2.30. The zero-order chi connectivity index (χ0) is 12.3. The standard InChI is InChI=1S/C8H7BrF2N2O3/c1-16-7-4(2-9)3-12-5(8(10)11)6(7)13(14)15/h3,8H,2H2,1H3. The smallest absolute Gasteiger partial charge is 0.338 e. The van der Waals surface area contributed by atoms with Crippen molar-refractivity contribution >= 4 is 21.6 Å². The number of hydrogen-bond acceptors (Lipinski definition) is 4. The summed E-state index contributed by atoms with van der Waals surface area (Å²) >= 11 is 3.06. The van der Waals surface area contributed by atoms with Crippen LogP contribution in [0.5, 0.6) is 5.75 Å². The van der Waals surface area contributed by atoms with Crippen molar-refractivity contribution in [2.45, 2.75) is 11.8 Å². The van der Waals surface area contributed by atoms with Crippen LogP contribution in [0.1, 0.15) is 17.7 Å². The van der Waals surface area contributed by atoms with Gasteiger partial charge in [-0.15, -0.1) is 0 Å². The predicted octanol–water partition coefficient (Wildman–Crippen LogP) is 2.83. The molecule has 0 aromatic carbocycles. The summed E-state index contributed by atoms with van der Waals surface area (Å²) in [5, 5.41) is 10.9. The van der Waals surface area contributed by atoms with Crippen molar-refractivity contribution in [3.63, 3.8) is 0 Å². The summed E-state index contributed by atoms with van der Waals surface area (Å²) in [7, 11) is 1.18. The summed E-state index contributed by atoms with van der Waals surface area (Å²) in [6.45, 7) is 0. The molecule has 0 saturated heterocycles. The minimum atomic E-state index is -3.02. The maximum atomic E-state index is 12.5. The van der Waals surface area contributed by atoms with Crippen LogP contribution in [-0.4, -0.2) is 17.0 Å². The van der Waals surface area contributed by atoms with Crippen LogP contribution in [-0.2, 0) is 5.33 Å². The molecule has 1 aromatic rings. The monoisotopic (exact) mass is 296 g/mol. The van der Waals surface area contributed by atoms with Gasteiger partial charge >= 0.3 is 5.69 Å². The summed E-state index contributed by atoms with van der Waals surface area (Å²) in [6, 6.07) is 0. The van der Waals surface area contributed by atoms with Gasteiger partial charge in [-0.25, -0.2) is 13.8 Å². The second kappa shape index (κ2) is 5.15. The lowest BCUT2D eigenvalue weighted by molar-refractivity contribution is -0.387. The number of halogens is 3. The molecule has 0 fully saturated rings. The van der Waals surface area contributed by atoms with Gasteiger partial charge in [0.2, 0.25) is 5.75 Å². The van der Waals surface area contributed by atoms with E-state index in [-0.39, 0.29) is 11.1 Å². The van der Waals surface area contributed by atoms with Crippen molar-refractivity contribution in [1.29, 1.82) is 0 Å². The molecule has 0 radical (unpaired) electrons. The SMILES string of the molecule is COc1c(CBr)cnc(C(F)F)c1[N+](=O)[O-]. The Hall–Kier alpha value is -1.31. The van der Waals surface area contributed by atoms with Crippen LogP contribution in [0.4, 0.5) is 14.5 Å². The number of pyridine rings is 1. The fourth-order valence-electron chi connectivity index (χ4n) is 1.19. The third-order valence-corrected chi connectivity index (χ3v) is 2.45. The summed E-state index contributed by atoms with van der Waals surface area (Å²) < 4.78 is 29.8. The van der Waals surface area contributed by atoms with Crippen molar-refractivity contribution in [3.8, 4) is 5.75 Å². The Bertz CT molecular complexity index is 415. The van der Waals surface area contributed by atoms with E-state index in [0.717, 1.165) is 6.20 Å². The third kappa shape index (κ3) is 2.26. The van der Waals surface area contributed by atoms with Crippen molar-refractivity contribution < 1.29 is 18.4 Å². The van der Waals surface area contributed by atoms with Crippen LogP contribution in [0.25, 0.3) is 0 Å². The van der Waals surface area contributed by atoms with Gasteiger partial charge in [-0.2, -0.15) is 0 Å². The number of alkyl halides is 3. The molecule has 1 heterocycles. The van der Waals surface area contributed by atoms with Crippen molar-refractivity contribution in [1.82, 2.24) is 4.98 Å². The topological polar surface area (TPSA) is 65.3 Å². The number of nitrogens with zero attached hydrogens (tertiary/aromatic N) is 2. The Kier molecular flexibility index (Phi) is 4.11. The largest absolute Gasteiger partial charge is 0.490 e. The first-order chi connectivity index (χ1) is 7.52. The average molecular weight is 297 g/mol. The highest BCUT2D eigenvalue weighted by atomic mass is 79.9. The van der Waals surface area contributed by atoms with Crippen LogP contribution in [0.15, 0.2) is 6.20 Å². The van der Waals surface area contributed by atoms with Crippen molar-refractivity contribution in [2.24, 2.45) is 0 Å². The first-order valence-corrected chi connectivity index (χ1v) is 5.19. The molecule has 0 atom stereocenters. The molecule has 0 unspecified atom stereocenters. The molecule has 88 valence electrons. The van der Waals surface area contributed by atoms with Gasteiger partial charge in [0.05, 0.1) is 12.0 Å². The second-order valence-electron chi connectivity index (χ2n) is 2.74. The van der Waals surface area contributed by atoms with Gasteiger partial charge < -0.3 is 4.74 Å². The number of nitro groups is 1. The summed E-state index contributed by atoms with van der Waals surface area (Å²) in [4.78, 5) is 13.2. The van der Waals surface area contributed by atoms with E-state index in [9.17, 15) is 18.9 Å². The van der Waals surface area contributed by atoms with Crippen LogP contribution < -0.4 is 4.74 Å². The molecule has 8 heteroatoms. The molecule has 0 bridgehead atoms. The molecular weight excluding hydrogens is 290 g/mol. The number of ether oxygens (including phenoxy) is 1. The number of rotatable bonds is 4. The van der Waals surface area contributed by atoms with E-state index in [2.05, 4.69) is 20.9 Å². The quantitative estimate of drug-likeness (QED) is 0.487. The Balaban J connectivity index is 3.50. The molecule has 16 heavy (non-hydrogen) atoms. The minimum Gasteiger partial charge on any atom is -0.490 e. The van der Waals surface area contributed by atoms with E-state index in [0.29, 0.717) is 5.56 Å². The van der Waals surface area contributed by atoms with Gasteiger partial charge in [-0.05, 0) is 0 Å². The van der Waals surface area contributed by atoms with Crippen LogP contribution in [0, 0.1) is 10.1 Å². The van der Waals surface area contributed by atoms with Crippen LogP contribution in [0.3, 0.4) is 0 Å². The van der Waals surface area contributed by atoms with E-state index in [1.165, 1.54) is 7.11 Å². The fraction of sp³-hybridized carbons (Fsp3) is 0.375. The van der Waals surface area contributed by atoms with Crippen LogP contribution in [0.2, 0.25) is 0 Å². The molecule has 1 aromatic heterocycles. The Morgan fingerprint density at radius 2 is 2.31 bits per heavy atom. The molecule has 0 aliphatic rings. The average Bonchev–Trinajstić information content (AvgIpc) is 2.26. The molecule has 0 amide bonds. The zero-order valence-corrected chi connectivity index (χ0v) is 9.70. The van der Waals surface area contributed by atoms with Gasteiger partial charge in [0.15, 0.2) is 5.69 Å². The zero-order valence-electron chi connectivity index (χ0n) is 8.11. The number of hydrogen-bond donors (Lipinski definition) is 0. The van der Waals surface area contributed by atoms with E-state index in [4.69, 9.17) is 4.74 Å². The first-order valence-electron chi connectivity index (χ1n) is 4.07. The molecule has 0 saturated carbocycles. The van der Waals surface area contributed by atoms with E-state index < -0.39 is 22.7 Å². The predicted molar refractivity (Wildman–Crippen MR) is 55.0 cm³/mol. The van der Waals surface area contributed by atoms with E-state index >= 15 is 0 Å². The molecule has 0 aliphatic carbocycles. The first kappa shape index (κ1) is 12.8. The highest BCUT2D eigenvalue weighted by molar-refractivity contribution is 9.08. The second-order valence-corrected chi connectivity index (χ2v) is 3.30. The molecule has 5 nitrogen and oxygen atoms in total. The summed E-state index contributed by atoms with van der Waals surface area (Å²) in [6.07, 6.45) is -1.89. The maximum absolute atomic E-state index is 12.5. The fourth-order valence-corrected chi connectivity index (χ4v) is 1.59. The molecule has 0 aliphatic heterocycles. The lowest BCUT2D eigenvalue weighted by Gasteiger charge is -2.09. The summed E-state index contributed by atoms with van der Waals surface area (Å²) in [5.74, 6) is -0.188. The van der Waals surface area contributed by atoms with Gasteiger partial charge in [0.1, 0.15) is 0 Å². The van der Waals surface area contributed by atoms with Gasteiger partial charge in [-0.1, -0.05) is 15.9 Å². The number of methoxy groups -OCH3 is 1. The highest BCUT2D eigenvalue weighted by Crippen LogP contribution is 2.38. The van der Waals surface area contributed by atoms with Gasteiger partial charge in [-0.3, -0.25) is 10.1 Å². The summed E-state index contributed by atoms with van der Waals surface area (Å²) in [5.41, 5.74) is -1.32. The van der Waals surface area contributed by atoms with E-state index in [1.807, 2.05) is 0 Å². The lowest BCUT2D eigenvalue weighted by Crippen LogP contribution is -2.04. The normalized spacial score (nSPS) is 10.6. The molecule has 1 rings (SSSR count). The molecular formula is C8H7BrF2N2O3. The maximum Gasteiger partial charge on any atom is 0.338 e.